The molecule has 0 aromatic heterocycles. The molecule has 1 aliphatic rings. The maximum atomic E-state index is 13.2. The predicted octanol–water partition coefficient (Wildman–Crippen LogP) is 3.17. The van der Waals surface area contributed by atoms with Gasteiger partial charge in [0.05, 0.1) is 4.90 Å². The Bertz CT molecular complexity index is 1030. The molecule has 10 heteroatoms. The zero-order valence-electron chi connectivity index (χ0n) is 16.7. The van der Waals surface area contributed by atoms with Crippen molar-refractivity contribution >= 4 is 39.1 Å². The van der Waals surface area contributed by atoms with Crippen molar-refractivity contribution in [1.29, 1.82) is 0 Å². The molecular formula is C21H23ClFN3O4S. The number of amides is 2. The van der Waals surface area contributed by atoms with Crippen molar-refractivity contribution in [1.82, 2.24) is 9.62 Å². The van der Waals surface area contributed by atoms with Crippen molar-refractivity contribution in [3.05, 3.63) is 59.4 Å². The molecule has 1 fully saturated rings. The zero-order valence-corrected chi connectivity index (χ0v) is 18.3. The third-order valence-corrected chi connectivity index (χ3v) is 7.28. The number of carbonyl (C=O) groups excluding carboxylic acids is 2. The summed E-state index contributed by atoms with van der Waals surface area (Å²) in [6, 6.07) is 10.8. The van der Waals surface area contributed by atoms with Gasteiger partial charge in [-0.3, -0.25) is 9.59 Å². The van der Waals surface area contributed by atoms with Gasteiger partial charge in [0.15, 0.2) is 0 Å². The summed E-state index contributed by atoms with van der Waals surface area (Å²) in [6.45, 7) is 0.502. The summed E-state index contributed by atoms with van der Waals surface area (Å²) in [5.41, 5.74) is 0.438. The van der Waals surface area contributed by atoms with Gasteiger partial charge in [0, 0.05) is 29.8 Å². The van der Waals surface area contributed by atoms with Crippen molar-refractivity contribution < 1.29 is 22.4 Å². The Balaban J connectivity index is 1.56. The molecule has 0 aliphatic carbocycles. The number of hydrogen-bond acceptors (Lipinski definition) is 4. The summed E-state index contributed by atoms with van der Waals surface area (Å²) in [7, 11) is -3.78. The smallest absolute Gasteiger partial charge is 0.313 e. The fraction of sp³-hybridized carbons (Fsp3) is 0.333. The molecule has 166 valence electrons. The Morgan fingerprint density at radius 3 is 2.39 bits per heavy atom. The molecule has 3 rings (SSSR count). The monoisotopic (exact) mass is 467 g/mol. The Hall–Kier alpha value is -2.49. The lowest BCUT2D eigenvalue weighted by atomic mass is 10.0. The number of carbonyl (C=O) groups is 2. The van der Waals surface area contributed by atoms with Crippen LogP contribution in [0.4, 0.5) is 10.1 Å². The van der Waals surface area contributed by atoms with Gasteiger partial charge in [-0.05, 0) is 67.8 Å². The van der Waals surface area contributed by atoms with Gasteiger partial charge >= 0.3 is 11.8 Å². The fourth-order valence-corrected chi connectivity index (χ4v) is 5.32. The molecule has 0 radical (unpaired) electrons. The molecule has 1 saturated heterocycles. The maximum absolute atomic E-state index is 13.2. The highest BCUT2D eigenvalue weighted by Gasteiger charge is 2.33. The van der Waals surface area contributed by atoms with Crippen molar-refractivity contribution in [2.75, 3.05) is 18.4 Å². The van der Waals surface area contributed by atoms with E-state index in [0.717, 1.165) is 25.0 Å². The fourth-order valence-electron chi connectivity index (χ4n) is 3.47. The minimum absolute atomic E-state index is 0.0344. The lowest BCUT2D eigenvalue weighted by Gasteiger charge is -2.34. The second-order valence-electron chi connectivity index (χ2n) is 7.22. The Labute approximate surface area is 185 Å². The highest BCUT2D eigenvalue weighted by molar-refractivity contribution is 7.89. The molecule has 1 heterocycles. The zero-order chi connectivity index (χ0) is 22.4. The summed E-state index contributed by atoms with van der Waals surface area (Å²) in [4.78, 5) is 24.1. The molecule has 1 atom stereocenters. The molecule has 2 N–H and O–H groups in total. The second kappa shape index (κ2) is 10.2. The standard InChI is InChI=1S/C21H23ClFN3O4S/c22-15-4-8-17(9-5-15)25-21(28)20(27)24-13-12-18-3-1-2-14-26(18)31(29,30)19-10-6-16(23)7-11-19/h4-11,18H,1-3,12-14H2,(H,24,27)(H,25,28)/t18-/m0/s1. The number of nitrogens with one attached hydrogen (secondary N) is 2. The van der Waals surface area contributed by atoms with Gasteiger partial charge in [-0.1, -0.05) is 18.0 Å². The van der Waals surface area contributed by atoms with Gasteiger partial charge in [-0.25, -0.2) is 12.8 Å². The lowest BCUT2D eigenvalue weighted by Crippen LogP contribution is -2.45. The van der Waals surface area contributed by atoms with E-state index in [4.69, 9.17) is 11.6 Å². The third kappa shape index (κ3) is 6.03. The number of anilines is 1. The van der Waals surface area contributed by atoms with E-state index in [1.807, 2.05) is 0 Å². The number of benzene rings is 2. The lowest BCUT2D eigenvalue weighted by molar-refractivity contribution is -0.136. The number of sulfonamides is 1. The predicted molar refractivity (Wildman–Crippen MR) is 116 cm³/mol. The van der Waals surface area contributed by atoms with Crippen LogP contribution in [0.15, 0.2) is 53.4 Å². The molecule has 0 saturated carbocycles. The maximum Gasteiger partial charge on any atom is 0.313 e. The Kier molecular flexibility index (Phi) is 7.64. The minimum atomic E-state index is -3.78. The highest BCUT2D eigenvalue weighted by Crippen LogP contribution is 2.27. The Morgan fingerprint density at radius 1 is 1.03 bits per heavy atom. The molecule has 0 unspecified atom stereocenters. The topological polar surface area (TPSA) is 95.6 Å². The van der Waals surface area contributed by atoms with Gasteiger partial charge in [-0.15, -0.1) is 0 Å². The van der Waals surface area contributed by atoms with Crippen LogP contribution in [0.2, 0.25) is 5.02 Å². The molecule has 2 aromatic carbocycles. The van der Waals surface area contributed by atoms with E-state index in [1.54, 1.807) is 24.3 Å². The first-order chi connectivity index (χ1) is 14.8. The number of halogens is 2. The van der Waals surface area contributed by atoms with Crippen molar-refractivity contribution in [3.63, 3.8) is 0 Å². The van der Waals surface area contributed by atoms with Gasteiger partial charge in [0.25, 0.3) is 0 Å². The first-order valence-electron chi connectivity index (χ1n) is 9.89. The average Bonchev–Trinajstić information content (AvgIpc) is 2.76. The SMILES string of the molecule is O=C(NCC[C@@H]1CCCCN1S(=O)(=O)c1ccc(F)cc1)C(=O)Nc1ccc(Cl)cc1. The van der Waals surface area contributed by atoms with Crippen LogP contribution in [0, 0.1) is 5.82 Å². The van der Waals surface area contributed by atoms with Gasteiger partial charge in [-0.2, -0.15) is 4.31 Å². The minimum Gasteiger partial charge on any atom is -0.348 e. The summed E-state index contributed by atoms with van der Waals surface area (Å²) in [5.74, 6) is -2.13. The van der Waals surface area contributed by atoms with Gasteiger partial charge in [0.2, 0.25) is 10.0 Å². The van der Waals surface area contributed by atoms with Crippen molar-refractivity contribution in [3.8, 4) is 0 Å². The van der Waals surface area contributed by atoms with E-state index in [-0.39, 0.29) is 17.5 Å². The van der Waals surface area contributed by atoms with Crippen molar-refractivity contribution in [2.24, 2.45) is 0 Å². The first-order valence-corrected chi connectivity index (χ1v) is 11.7. The third-order valence-electron chi connectivity index (χ3n) is 5.06. The summed E-state index contributed by atoms with van der Waals surface area (Å²) in [6.07, 6.45) is 2.60. The number of piperidine rings is 1. The highest BCUT2D eigenvalue weighted by atomic mass is 35.5. The summed E-state index contributed by atoms with van der Waals surface area (Å²) in [5, 5.41) is 5.51. The molecule has 31 heavy (non-hydrogen) atoms. The van der Waals surface area contributed by atoms with E-state index in [1.165, 1.54) is 16.4 Å². The van der Waals surface area contributed by atoms with Crippen LogP contribution in [-0.4, -0.2) is 43.7 Å². The average molecular weight is 468 g/mol. The first kappa shape index (κ1) is 23.2. The molecule has 1 aliphatic heterocycles. The molecule has 7 nitrogen and oxygen atoms in total. The molecule has 2 amide bonds. The van der Waals surface area contributed by atoms with Crippen LogP contribution in [0.1, 0.15) is 25.7 Å². The second-order valence-corrected chi connectivity index (χ2v) is 9.55. The Morgan fingerprint density at radius 2 is 1.71 bits per heavy atom. The number of hydrogen-bond donors (Lipinski definition) is 2. The quantitative estimate of drug-likeness (QED) is 0.638. The van der Waals surface area contributed by atoms with Crippen molar-refractivity contribution in [2.45, 2.75) is 36.6 Å². The van der Waals surface area contributed by atoms with Crippen LogP contribution in [0.5, 0.6) is 0 Å². The van der Waals surface area contributed by atoms with Gasteiger partial charge < -0.3 is 10.6 Å². The number of rotatable bonds is 6. The van der Waals surface area contributed by atoms with E-state index in [2.05, 4.69) is 10.6 Å². The van der Waals surface area contributed by atoms with E-state index in [0.29, 0.717) is 30.1 Å². The summed E-state index contributed by atoms with van der Waals surface area (Å²) < 4.78 is 40.5. The molecule has 2 aromatic rings. The normalized spacial score (nSPS) is 17.2. The van der Waals surface area contributed by atoms with Gasteiger partial charge in [0.1, 0.15) is 5.82 Å². The van der Waals surface area contributed by atoms with E-state index in [9.17, 15) is 22.4 Å². The molecular weight excluding hydrogens is 445 g/mol. The van der Waals surface area contributed by atoms with Crippen LogP contribution in [0.25, 0.3) is 0 Å². The van der Waals surface area contributed by atoms with Crippen LogP contribution in [-0.2, 0) is 19.6 Å². The van der Waals surface area contributed by atoms with Crippen LogP contribution in [0.3, 0.4) is 0 Å². The summed E-state index contributed by atoms with van der Waals surface area (Å²) >= 11 is 5.79. The molecule has 0 spiro atoms. The van der Waals surface area contributed by atoms with Crippen LogP contribution < -0.4 is 10.6 Å². The van der Waals surface area contributed by atoms with E-state index >= 15 is 0 Å². The largest absolute Gasteiger partial charge is 0.348 e. The molecule has 0 bridgehead atoms. The number of nitrogens with zero attached hydrogens (tertiary/aromatic N) is 1. The van der Waals surface area contributed by atoms with E-state index < -0.39 is 27.7 Å². The van der Waals surface area contributed by atoms with Crippen LogP contribution >= 0.6 is 11.6 Å².